The fraction of sp³-hybridized carbons (Fsp3) is 0.125. The Morgan fingerprint density at radius 1 is 1.19 bits per heavy atom. The molecule has 0 atom stereocenters. The molecule has 0 saturated heterocycles. The molecule has 0 amide bonds. The highest BCUT2D eigenvalue weighted by Crippen LogP contribution is 2.27. The summed E-state index contributed by atoms with van der Waals surface area (Å²) < 4.78 is 27.6. The molecule has 4 nitrogen and oxygen atoms in total. The van der Waals surface area contributed by atoms with Gasteiger partial charge in [0.15, 0.2) is 0 Å². The summed E-state index contributed by atoms with van der Waals surface area (Å²) in [6.45, 7) is 3.57. The van der Waals surface area contributed by atoms with Crippen LogP contribution in [0.5, 0.6) is 0 Å². The first kappa shape index (κ1) is 14.9. The first-order valence-corrected chi connectivity index (χ1v) is 7.78. The van der Waals surface area contributed by atoms with E-state index in [1.807, 2.05) is 6.92 Å². The van der Waals surface area contributed by atoms with Gasteiger partial charge in [-0.1, -0.05) is 18.1 Å². The molecular formula is C16H16N2O2S. The van der Waals surface area contributed by atoms with Gasteiger partial charge in [0.05, 0.1) is 11.4 Å². The summed E-state index contributed by atoms with van der Waals surface area (Å²) in [6.07, 6.45) is 5.31. The predicted molar refractivity (Wildman–Crippen MR) is 85.5 cm³/mol. The van der Waals surface area contributed by atoms with Crippen molar-refractivity contribution >= 4 is 21.4 Å². The van der Waals surface area contributed by atoms with Gasteiger partial charge in [0, 0.05) is 5.56 Å². The van der Waals surface area contributed by atoms with E-state index in [4.69, 9.17) is 12.2 Å². The lowest BCUT2D eigenvalue weighted by atomic mass is 10.1. The highest BCUT2D eigenvalue weighted by Gasteiger charge is 2.21. The molecule has 0 unspecified atom stereocenters. The zero-order valence-electron chi connectivity index (χ0n) is 11.8. The number of sulfonamides is 1. The Balaban J connectivity index is 2.49. The van der Waals surface area contributed by atoms with Crippen LogP contribution in [-0.2, 0) is 10.0 Å². The SMILES string of the molecule is C#Cc1cccc(NS(=O)(=O)c2c(N)ccc(C)c2C)c1. The first-order chi connectivity index (χ1) is 9.85. The highest BCUT2D eigenvalue weighted by molar-refractivity contribution is 7.93. The van der Waals surface area contributed by atoms with Crippen LogP contribution in [0.2, 0.25) is 0 Å². The molecule has 0 heterocycles. The second-order valence-electron chi connectivity index (χ2n) is 4.76. The van der Waals surface area contributed by atoms with Crippen LogP contribution in [0.3, 0.4) is 0 Å². The summed E-state index contributed by atoms with van der Waals surface area (Å²) >= 11 is 0. The van der Waals surface area contributed by atoms with Crippen molar-refractivity contribution in [2.45, 2.75) is 18.7 Å². The maximum Gasteiger partial charge on any atom is 0.264 e. The number of anilines is 2. The van der Waals surface area contributed by atoms with E-state index >= 15 is 0 Å². The van der Waals surface area contributed by atoms with Gasteiger partial charge in [0.2, 0.25) is 0 Å². The van der Waals surface area contributed by atoms with E-state index < -0.39 is 10.0 Å². The lowest BCUT2D eigenvalue weighted by Crippen LogP contribution is -2.16. The number of hydrogen-bond acceptors (Lipinski definition) is 3. The molecule has 0 fully saturated rings. The number of nitrogen functional groups attached to an aromatic ring is 1. The molecule has 0 aliphatic rings. The average Bonchev–Trinajstić information content (AvgIpc) is 2.42. The second-order valence-corrected chi connectivity index (χ2v) is 6.38. The maximum absolute atomic E-state index is 12.6. The van der Waals surface area contributed by atoms with Crippen molar-refractivity contribution in [2.75, 3.05) is 10.5 Å². The molecule has 0 radical (unpaired) electrons. The molecule has 0 saturated carbocycles. The Bertz CT molecular complexity index is 834. The van der Waals surface area contributed by atoms with Crippen LogP contribution < -0.4 is 10.5 Å². The molecule has 0 aliphatic carbocycles. The van der Waals surface area contributed by atoms with Crippen molar-refractivity contribution in [3.8, 4) is 12.3 Å². The van der Waals surface area contributed by atoms with Crippen LogP contribution in [0, 0.1) is 26.2 Å². The van der Waals surface area contributed by atoms with Gasteiger partial charge in [-0.05, 0) is 49.2 Å². The molecule has 5 heteroatoms. The molecule has 0 bridgehead atoms. The van der Waals surface area contributed by atoms with Gasteiger partial charge >= 0.3 is 0 Å². The Morgan fingerprint density at radius 3 is 2.57 bits per heavy atom. The third-order valence-corrected chi connectivity index (χ3v) is 4.84. The molecule has 0 aromatic heterocycles. The predicted octanol–water partition coefficient (Wildman–Crippen LogP) is 2.67. The monoisotopic (exact) mass is 300 g/mol. The summed E-state index contributed by atoms with van der Waals surface area (Å²) in [5.41, 5.74) is 8.56. The largest absolute Gasteiger partial charge is 0.398 e. The van der Waals surface area contributed by atoms with Crippen molar-refractivity contribution < 1.29 is 8.42 Å². The third kappa shape index (κ3) is 3.01. The lowest BCUT2D eigenvalue weighted by molar-refractivity contribution is 0.601. The average molecular weight is 300 g/mol. The van der Waals surface area contributed by atoms with Gasteiger partial charge in [0.1, 0.15) is 4.90 Å². The Labute approximate surface area is 125 Å². The number of nitrogens with one attached hydrogen (secondary N) is 1. The van der Waals surface area contributed by atoms with Gasteiger partial charge < -0.3 is 5.73 Å². The summed E-state index contributed by atoms with van der Waals surface area (Å²) in [5.74, 6) is 2.47. The van der Waals surface area contributed by atoms with E-state index in [0.29, 0.717) is 16.8 Å². The van der Waals surface area contributed by atoms with E-state index in [2.05, 4.69) is 10.6 Å². The zero-order valence-corrected chi connectivity index (χ0v) is 12.7. The third-order valence-electron chi connectivity index (χ3n) is 3.26. The van der Waals surface area contributed by atoms with Crippen molar-refractivity contribution in [2.24, 2.45) is 0 Å². The normalized spacial score (nSPS) is 10.9. The maximum atomic E-state index is 12.6. The summed E-state index contributed by atoms with van der Waals surface area (Å²) in [5, 5.41) is 0. The Morgan fingerprint density at radius 2 is 1.90 bits per heavy atom. The van der Waals surface area contributed by atoms with Crippen LogP contribution in [0.25, 0.3) is 0 Å². The summed E-state index contributed by atoms with van der Waals surface area (Å²) in [6, 6.07) is 10.0. The molecule has 21 heavy (non-hydrogen) atoms. The van der Waals surface area contributed by atoms with Crippen LogP contribution in [0.15, 0.2) is 41.3 Å². The summed E-state index contributed by atoms with van der Waals surface area (Å²) in [7, 11) is -3.77. The van der Waals surface area contributed by atoms with Gasteiger partial charge in [-0.3, -0.25) is 4.72 Å². The van der Waals surface area contributed by atoms with Crippen LogP contribution >= 0.6 is 0 Å². The number of nitrogens with two attached hydrogens (primary N) is 1. The van der Waals surface area contributed by atoms with Gasteiger partial charge in [-0.25, -0.2) is 8.42 Å². The molecule has 108 valence electrons. The van der Waals surface area contributed by atoms with Crippen LogP contribution in [-0.4, -0.2) is 8.42 Å². The molecule has 3 N–H and O–H groups in total. The number of terminal acetylenes is 1. The van der Waals surface area contributed by atoms with Gasteiger partial charge in [-0.2, -0.15) is 0 Å². The van der Waals surface area contributed by atoms with E-state index in [0.717, 1.165) is 5.56 Å². The Hall–Kier alpha value is -2.45. The number of rotatable bonds is 3. The van der Waals surface area contributed by atoms with Crippen molar-refractivity contribution in [3.63, 3.8) is 0 Å². The molecular weight excluding hydrogens is 284 g/mol. The molecule has 2 rings (SSSR count). The highest BCUT2D eigenvalue weighted by atomic mass is 32.2. The molecule has 2 aromatic carbocycles. The minimum atomic E-state index is -3.77. The smallest absolute Gasteiger partial charge is 0.264 e. The zero-order chi connectivity index (χ0) is 15.6. The van der Waals surface area contributed by atoms with Crippen molar-refractivity contribution in [1.82, 2.24) is 0 Å². The minimum Gasteiger partial charge on any atom is -0.398 e. The van der Waals surface area contributed by atoms with E-state index in [1.54, 1.807) is 43.3 Å². The molecule has 0 spiro atoms. The first-order valence-electron chi connectivity index (χ1n) is 6.30. The van der Waals surface area contributed by atoms with Crippen molar-refractivity contribution in [3.05, 3.63) is 53.1 Å². The topological polar surface area (TPSA) is 72.2 Å². The van der Waals surface area contributed by atoms with Gasteiger partial charge in [-0.15, -0.1) is 6.42 Å². The van der Waals surface area contributed by atoms with Crippen molar-refractivity contribution in [1.29, 1.82) is 0 Å². The minimum absolute atomic E-state index is 0.105. The number of benzene rings is 2. The van der Waals surface area contributed by atoms with E-state index in [9.17, 15) is 8.42 Å². The summed E-state index contributed by atoms with van der Waals surface area (Å²) in [4.78, 5) is 0.105. The standard InChI is InChI=1S/C16H16N2O2S/c1-4-13-6-5-7-14(10-13)18-21(19,20)16-12(3)11(2)8-9-15(16)17/h1,5-10,18H,17H2,2-3H3. The number of aryl methyl sites for hydroxylation is 1. The molecule has 0 aliphatic heterocycles. The van der Waals surface area contributed by atoms with Crippen LogP contribution in [0.4, 0.5) is 11.4 Å². The van der Waals surface area contributed by atoms with Crippen LogP contribution in [0.1, 0.15) is 16.7 Å². The quantitative estimate of drug-likeness (QED) is 0.676. The van der Waals surface area contributed by atoms with E-state index in [-0.39, 0.29) is 10.6 Å². The fourth-order valence-corrected chi connectivity index (χ4v) is 3.53. The second kappa shape index (κ2) is 5.51. The Kier molecular flexibility index (Phi) is 3.92. The fourth-order valence-electron chi connectivity index (χ4n) is 2.05. The number of hydrogen-bond donors (Lipinski definition) is 2. The van der Waals surface area contributed by atoms with E-state index in [1.165, 1.54) is 0 Å². The molecule has 2 aromatic rings. The lowest BCUT2D eigenvalue weighted by Gasteiger charge is -2.14. The van der Waals surface area contributed by atoms with Gasteiger partial charge in [0.25, 0.3) is 10.0 Å².